The fourth-order valence-electron chi connectivity index (χ4n) is 12.5. The number of hydrogen-bond acceptors (Lipinski definition) is 12. The van der Waals surface area contributed by atoms with E-state index in [0.29, 0.717) is 30.4 Å². The SMILES string of the molecule is CC[C@H](C)[C@@H]1NC(=O)[C@@H]2CCCN2C(=O)[C@H](Cc2cccc(-c3ccc4cccnc4c3)c2)N(C)C(=O)[C@H](Cc2ccccc2)NC(=O)C(C(C)C)N(C)C(=O)[C@@H]([C@@H](C)CC)OC(=O)[C@H](C(C)(C)O)N(C)C(=O)[C@H](CC(C)C)NC(=O)C(C(C)C)N(C)C1=O. The summed E-state index contributed by atoms with van der Waals surface area (Å²) in [5, 5.41) is 21.6. The van der Waals surface area contributed by atoms with Crippen molar-refractivity contribution in [2.24, 2.45) is 29.6 Å². The molecule has 0 spiro atoms. The molecule has 11 atom stereocenters. The first-order valence-electron chi connectivity index (χ1n) is 31.6. The Morgan fingerprint density at radius 1 is 0.596 bits per heavy atom. The normalized spacial score (nSPS) is 24.9. The molecule has 0 aliphatic carbocycles. The Morgan fingerprint density at radius 3 is 1.78 bits per heavy atom. The zero-order chi connectivity index (χ0) is 65.9. The number of rotatable bonds is 14. The van der Waals surface area contributed by atoms with Crippen molar-refractivity contribution >= 4 is 64.1 Å². The van der Waals surface area contributed by atoms with Gasteiger partial charge in [-0.05, 0) is 97.6 Å². The van der Waals surface area contributed by atoms with Gasteiger partial charge in [-0.15, -0.1) is 0 Å². The van der Waals surface area contributed by atoms with Crippen LogP contribution >= 0.6 is 0 Å². The number of ether oxygens (including phenoxy) is 1. The molecule has 0 bridgehead atoms. The zero-order valence-electron chi connectivity index (χ0n) is 55.1. The standard InChI is InChI=1S/C69H97N9O11/c1-17-43(9)55-66(85)75(14)56(41(5)6)61(80)71-51(35-40(3)4)64(83)77(16)59(69(11,12)88)68(87)89-58(44(10)18-2)67(86)76(15)57(42(7)8)62(81)72-52(37-45-25-20-19-21-26-45)63(82)74(13)54(65(84)78-34-24-30-53(78)60(79)73-55)38-46-27-22-28-48(36-46)49-32-31-47-29-23-33-70-50(47)39-49/h19-23,25-29,31-33,36,39-44,51-59,88H,17-18,24,30,34-35,37-38H2,1-16H3,(H,71,80)(H,72,81)(H,73,79)/t43-,44-,51-,52-,53-,54-,55-,56?,57?,58+,59+/m0/s1. The van der Waals surface area contributed by atoms with Crippen LogP contribution in [0.5, 0.6) is 0 Å². The van der Waals surface area contributed by atoms with E-state index in [1.165, 1.54) is 61.6 Å². The van der Waals surface area contributed by atoms with E-state index < -0.39 is 137 Å². The predicted molar refractivity (Wildman–Crippen MR) is 342 cm³/mol. The molecule has 20 heteroatoms. The van der Waals surface area contributed by atoms with E-state index >= 15 is 28.8 Å². The van der Waals surface area contributed by atoms with Crippen LogP contribution in [0.15, 0.2) is 91.1 Å². The van der Waals surface area contributed by atoms with E-state index in [1.807, 2.05) is 100 Å². The maximum atomic E-state index is 15.8. The summed E-state index contributed by atoms with van der Waals surface area (Å²) >= 11 is 0. The van der Waals surface area contributed by atoms with Crippen LogP contribution in [0, 0.1) is 29.6 Å². The monoisotopic (exact) mass is 1230 g/mol. The predicted octanol–water partition coefficient (Wildman–Crippen LogP) is 6.59. The Hall–Kier alpha value is -7.74. The van der Waals surface area contributed by atoms with Gasteiger partial charge in [-0.25, -0.2) is 4.79 Å². The minimum atomic E-state index is -1.99. The number of pyridine rings is 1. The van der Waals surface area contributed by atoms with E-state index in [9.17, 15) is 19.5 Å². The molecule has 3 heterocycles. The Balaban J connectivity index is 1.52. The number of hydrogen-bond donors (Lipinski definition) is 4. The molecule has 20 nitrogen and oxygen atoms in total. The number of amides is 8. The van der Waals surface area contributed by atoms with Crippen molar-refractivity contribution in [3.05, 3.63) is 102 Å². The Kier molecular flexibility index (Phi) is 24.2. The van der Waals surface area contributed by atoms with Gasteiger partial charge in [0.05, 0.1) is 11.1 Å². The lowest BCUT2D eigenvalue weighted by Gasteiger charge is -2.39. The van der Waals surface area contributed by atoms with Gasteiger partial charge >= 0.3 is 5.97 Å². The van der Waals surface area contributed by atoms with Gasteiger partial charge in [0, 0.05) is 65.1 Å². The Labute approximate surface area is 526 Å². The highest BCUT2D eigenvalue weighted by atomic mass is 16.6. The maximum Gasteiger partial charge on any atom is 0.332 e. The average molecular weight is 1230 g/mol. The summed E-state index contributed by atoms with van der Waals surface area (Å²) < 4.78 is 6.14. The lowest BCUT2D eigenvalue weighted by Crippen LogP contribution is -2.63. The molecule has 2 saturated heterocycles. The number of carbonyl (C=O) groups excluding carboxylic acids is 9. The largest absolute Gasteiger partial charge is 0.450 e. The van der Waals surface area contributed by atoms with Crippen molar-refractivity contribution in [1.29, 1.82) is 0 Å². The van der Waals surface area contributed by atoms with Crippen molar-refractivity contribution in [2.75, 3.05) is 34.7 Å². The lowest BCUT2D eigenvalue weighted by atomic mass is 9.93. The second kappa shape index (κ2) is 30.6. The van der Waals surface area contributed by atoms with Crippen LogP contribution < -0.4 is 16.0 Å². The van der Waals surface area contributed by atoms with Crippen molar-refractivity contribution in [2.45, 2.75) is 188 Å². The van der Waals surface area contributed by atoms with Crippen LogP contribution in [0.25, 0.3) is 22.0 Å². The smallest absolute Gasteiger partial charge is 0.332 e. The van der Waals surface area contributed by atoms with Crippen molar-refractivity contribution < 1.29 is 53.0 Å². The summed E-state index contributed by atoms with van der Waals surface area (Å²) in [5.74, 6) is -8.87. The summed E-state index contributed by atoms with van der Waals surface area (Å²) in [6, 6.07) is 16.1. The summed E-state index contributed by atoms with van der Waals surface area (Å²) in [6.07, 6.45) is 1.61. The molecular weight excluding hydrogens is 1130 g/mol. The number of fused-ring (bicyclic) bond motifs is 2. The molecule has 4 N–H and O–H groups in total. The molecule has 0 radical (unpaired) electrons. The van der Waals surface area contributed by atoms with E-state index in [4.69, 9.17) is 4.74 Å². The first-order valence-corrected chi connectivity index (χ1v) is 31.6. The fourth-order valence-corrected chi connectivity index (χ4v) is 12.5. The molecular formula is C69H97N9O11. The summed E-state index contributed by atoms with van der Waals surface area (Å²) in [6.45, 7) is 20.6. The number of cyclic esters (lactones) is 1. The number of nitrogens with zero attached hydrogens (tertiary/aromatic N) is 6. The second-order valence-corrected chi connectivity index (χ2v) is 26.3. The number of esters is 1. The number of carbonyl (C=O) groups is 9. The number of aliphatic hydroxyl groups is 1. The summed E-state index contributed by atoms with van der Waals surface area (Å²) in [7, 11) is 5.69. The minimum absolute atomic E-state index is 0.0235. The Morgan fingerprint density at radius 2 is 1.18 bits per heavy atom. The molecule has 6 rings (SSSR count). The van der Waals surface area contributed by atoms with Gasteiger partial charge in [0.15, 0.2) is 12.1 Å². The van der Waals surface area contributed by atoms with Crippen LogP contribution in [0.2, 0.25) is 0 Å². The molecule has 2 fully saturated rings. The van der Waals surface area contributed by atoms with Crippen LogP contribution in [0.4, 0.5) is 0 Å². The minimum Gasteiger partial charge on any atom is -0.450 e. The maximum absolute atomic E-state index is 15.8. The topological polar surface area (TPSA) is 248 Å². The fraction of sp³-hybridized carbons (Fsp3) is 0.565. The third kappa shape index (κ3) is 17.0. The van der Waals surface area contributed by atoms with Crippen LogP contribution in [-0.2, 0) is 60.7 Å². The molecule has 2 aliphatic rings. The summed E-state index contributed by atoms with van der Waals surface area (Å²) in [4.78, 5) is 147. The van der Waals surface area contributed by atoms with E-state index in [-0.39, 0.29) is 38.1 Å². The first kappa shape index (κ1) is 70.3. The van der Waals surface area contributed by atoms with Crippen molar-refractivity contribution in [1.82, 2.24) is 45.4 Å². The van der Waals surface area contributed by atoms with Gasteiger partial charge in [0.25, 0.3) is 5.91 Å². The molecule has 1 aromatic heterocycles. The Bertz CT molecular complexity index is 3160. The van der Waals surface area contributed by atoms with Crippen LogP contribution in [-0.4, -0.2) is 183 Å². The highest BCUT2D eigenvalue weighted by Crippen LogP contribution is 2.30. The quantitative estimate of drug-likeness (QED) is 0.0978. The van der Waals surface area contributed by atoms with E-state index in [2.05, 4.69) is 20.9 Å². The van der Waals surface area contributed by atoms with Crippen LogP contribution in [0.3, 0.4) is 0 Å². The summed E-state index contributed by atoms with van der Waals surface area (Å²) in [5.41, 5.74) is 1.87. The molecule has 8 amide bonds. The molecule has 2 aliphatic heterocycles. The number of likely N-dealkylation sites (N-methyl/N-ethyl adjacent to an activating group) is 4. The van der Waals surface area contributed by atoms with Gasteiger partial charge in [0.1, 0.15) is 42.3 Å². The van der Waals surface area contributed by atoms with Gasteiger partial charge in [-0.2, -0.15) is 0 Å². The van der Waals surface area contributed by atoms with Gasteiger partial charge in [0.2, 0.25) is 41.4 Å². The van der Waals surface area contributed by atoms with Gasteiger partial charge in [-0.1, -0.05) is 148 Å². The van der Waals surface area contributed by atoms with E-state index in [1.54, 1.807) is 59.9 Å². The molecule has 2 unspecified atom stereocenters. The highest BCUT2D eigenvalue weighted by molar-refractivity contribution is 5.99. The van der Waals surface area contributed by atoms with Crippen molar-refractivity contribution in [3.63, 3.8) is 0 Å². The number of nitrogens with one attached hydrogen (secondary N) is 3. The molecule has 3 aromatic carbocycles. The van der Waals surface area contributed by atoms with E-state index in [0.717, 1.165) is 26.9 Å². The molecule has 0 saturated carbocycles. The van der Waals surface area contributed by atoms with Gasteiger partial charge < -0.3 is 50.3 Å². The highest BCUT2D eigenvalue weighted by Gasteiger charge is 2.48. The molecule has 4 aromatic rings. The average Bonchev–Trinajstić information content (AvgIpc) is 2.39. The third-order valence-corrected chi connectivity index (χ3v) is 17.8. The molecule has 89 heavy (non-hydrogen) atoms. The number of aromatic nitrogens is 1. The second-order valence-electron chi connectivity index (χ2n) is 26.3. The van der Waals surface area contributed by atoms with Crippen molar-refractivity contribution in [3.8, 4) is 11.1 Å². The third-order valence-electron chi connectivity index (χ3n) is 17.8. The van der Waals surface area contributed by atoms with Gasteiger partial charge in [-0.3, -0.25) is 43.3 Å². The van der Waals surface area contributed by atoms with Crippen LogP contribution in [0.1, 0.15) is 126 Å². The number of benzene rings is 3. The zero-order valence-corrected chi connectivity index (χ0v) is 55.1. The lowest BCUT2D eigenvalue weighted by molar-refractivity contribution is -0.177. The first-order chi connectivity index (χ1) is 41.9. The molecule has 484 valence electrons.